The van der Waals surface area contributed by atoms with Crippen molar-refractivity contribution in [2.75, 3.05) is 25.0 Å². The van der Waals surface area contributed by atoms with Gasteiger partial charge in [0.1, 0.15) is 5.82 Å². The number of rotatable bonds is 11. The molecule has 9 nitrogen and oxygen atoms in total. The monoisotopic (exact) mass is 464 g/mol. The first-order chi connectivity index (χ1) is 15.1. The van der Waals surface area contributed by atoms with Crippen LogP contribution >= 0.6 is 0 Å². The minimum absolute atomic E-state index is 0.0401. The number of halogens is 1. The van der Waals surface area contributed by atoms with Crippen LogP contribution in [0.25, 0.3) is 0 Å². The van der Waals surface area contributed by atoms with E-state index in [1.165, 1.54) is 17.0 Å². The third-order valence-electron chi connectivity index (χ3n) is 4.55. The number of nitrogens with zero attached hydrogens (tertiary/aromatic N) is 1. The Morgan fingerprint density at radius 1 is 1.00 bits per heavy atom. The zero-order valence-electron chi connectivity index (χ0n) is 17.5. The summed E-state index contributed by atoms with van der Waals surface area (Å²) in [7, 11) is -3.85. The van der Waals surface area contributed by atoms with Crippen LogP contribution < -0.4 is 15.8 Å². The van der Waals surface area contributed by atoms with Crippen LogP contribution in [-0.4, -0.2) is 50.7 Å². The zero-order valence-corrected chi connectivity index (χ0v) is 18.3. The molecular formula is C21H25FN4O5S. The molecule has 0 saturated heterocycles. The summed E-state index contributed by atoms with van der Waals surface area (Å²) in [6.07, 6.45) is -0.0527. The minimum Gasteiger partial charge on any atom is -0.366 e. The van der Waals surface area contributed by atoms with Crippen LogP contribution in [0.2, 0.25) is 0 Å². The van der Waals surface area contributed by atoms with Gasteiger partial charge in [-0.1, -0.05) is 0 Å². The van der Waals surface area contributed by atoms with E-state index in [0.717, 1.165) is 24.3 Å². The van der Waals surface area contributed by atoms with Gasteiger partial charge in [0.05, 0.1) is 4.90 Å². The van der Waals surface area contributed by atoms with Crippen LogP contribution in [0.5, 0.6) is 0 Å². The molecule has 0 radical (unpaired) electrons. The number of amides is 3. The highest BCUT2D eigenvalue weighted by Crippen LogP contribution is 2.11. The first kappa shape index (κ1) is 25.0. The van der Waals surface area contributed by atoms with E-state index in [0.29, 0.717) is 17.8 Å². The summed E-state index contributed by atoms with van der Waals surface area (Å²) in [5, 5.41) is 2.66. The lowest BCUT2D eigenvalue weighted by atomic mass is 10.2. The number of hydrogen-bond donors (Lipinski definition) is 3. The molecule has 2 aromatic carbocycles. The Hall–Kier alpha value is -3.31. The molecule has 0 aliphatic carbocycles. The Morgan fingerprint density at radius 3 is 2.19 bits per heavy atom. The van der Waals surface area contributed by atoms with Gasteiger partial charge in [-0.2, -0.15) is 0 Å². The summed E-state index contributed by atoms with van der Waals surface area (Å²) in [4.78, 5) is 36.9. The average molecular weight is 465 g/mol. The van der Waals surface area contributed by atoms with Crippen molar-refractivity contribution in [3.05, 3.63) is 59.9 Å². The predicted molar refractivity (Wildman–Crippen MR) is 117 cm³/mol. The first-order valence-electron chi connectivity index (χ1n) is 9.85. The van der Waals surface area contributed by atoms with Gasteiger partial charge in [0.15, 0.2) is 0 Å². The Balaban J connectivity index is 1.80. The number of sulfonamides is 1. The number of nitrogens with one attached hydrogen (secondary N) is 2. The third kappa shape index (κ3) is 7.43. The van der Waals surface area contributed by atoms with Crippen LogP contribution in [0.4, 0.5) is 10.1 Å². The van der Waals surface area contributed by atoms with E-state index in [1.54, 1.807) is 19.1 Å². The van der Waals surface area contributed by atoms with E-state index in [4.69, 9.17) is 5.73 Å². The van der Waals surface area contributed by atoms with Gasteiger partial charge in [0.25, 0.3) is 0 Å². The number of carbonyl (C=O) groups is 3. The van der Waals surface area contributed by atoms with Gasteiger partial charge in [-0.3, -0.25) is 14.4 Å². The molecule has 0 bridgehead atoms. The maximum Gasteiger partial charge on any atom is 0.248 e. The highest BCUT2D eigenvalue weighted by atomic mass is 32.2. The summed E-state index contributed by atoms with van der Waals surface area (Å²) < 4.78 is 39.6. The minimum atomic E-state index is -3.85. The lowest BCUT2D eigenvalue weighted by Crippen LogP contribution is -2.36. The Kier molecular flexibility index (Phi) is 8.85. The van der Waals surface area contributed by atoms with Gasteiger partial charge in [0, 0.05) is 43.7 Å². The molecule has 32 heavy (non-hydrogen) atoms. The standard InChI is InChI=1S/C21H25FN4O5S/c1-2-26(14-12-19(27)25-17-7-3-15(4-8-17)21(23)29)20(28)11-13-24-32(30,31)18-9-5-16(22)6-10-18/h3-10,24H,2,11-14H2,1H3,(H2,23,29)(H,25,27). The lowest BCUT2D eigenvalue weighted by Gasteiger charge is -2.20. The quantitative estimate of drug-likeness (QED) is 0.462. The van der Waals surface area contributed by atoms with Crippen molar-refractivity contribution in [3.8, 4) is 0 Å². The maximum atomic E-state index is 12.9. The molecule has 172 valence electrons. The van der Waals surface area contributed by atoms with E-state index >= 15 is 0 Å². The molecule has 0 aliphatic rings. The SMILES string of the molecule is CCN(CCC(=O)Nc1ccc(C(N)=O)cc1)C(=O)CCNS(=O)(=O)c1ccc(F)cc1. The number of nitrogens with two attached hydrogens (primary N) is 1. The molecule has 0 unspecified atom stereocenters. The van der Waals surface area contributed by atoms with Crippen LogP contribution in [0, 0.1) is 5.82 Å². The Morgan fingerprint density at radius 2 is 1.62 bits per heavy atom. The van der Waals surface area contributed by atoms with Gasteiger partial charge in [-0.15, -0.1) is 0 Å². The van der Waals surface area contributed by atoms with Crippen molar-refractivity contribution < 1.29 is 27.2 Å². The molecule has 0 aliphatic heterocycles. The van der Waals surface area contributed by atoms with Crippen molar-refractivity contribution in [2.45, 2.75) is 24.7 Å². The number of primary amides is 1. The zero-order chi connectivity index (χ0) is 23.7. The molecule has 0 fully saturated rings. The molecule has 0 spiro atoms. The van der Waals surface area contributed by atoms with Gasteiger partial charge in [-0.25, -0.2) is 17.5 Å². The van der Waals surface area contributed by atoms with Crippen LogP contribution in [0.1, 0.15) is 30.1 Å². The van der Waals surface area contributed by atoms with Gasteiger partial charge < -0.3 is 16.0 Å². The van der Waals surface area contributed by atoms with Gasteiger partial charge in [-0.05, 0) is 55.5 Å². The second-order valence-corrected chi connectivity index (χ2v) is 8.58. The third-order valence-corrected chi connectivity index (χ3v) is 6.03. The fourth-order valence-electron chi connectivity index (χ4n) is 2.78. The molecular weight excluding hydrogens is 439 g/mol. The number of benzene rings is 2. The molecule has 0 atom stereocenters. The lowest BCUT2D eigenvalue weighted by molar-refractivity contribution is -0.131. The van der Waals surface area contributed by atoms with Crippen LogP contribution in [0.3, 0.4) is 0 Å². The number of anilines is 1. The van der Waals surface area contributed by atoms with Crippen LogP contribution in [0.15, 0.2) is 53.4 Å². The van der Waals surface area contributed by atoms with Crippen molar-refractivity contribution in [1.82, 2.24) is 9.62 Å². The van der Waals surface area contributed by atoms with E-state index in [1.807, 2.05) is 0 Å². The smallest absolute Gasteiger partial charge is 0.248 e. The maximum absolute atomic E-state index is 12.9. The van der Waals surface area contributed by atoms with Gasteiger partial charge >= 0.3 is 0 Å². The van der Waals surface area contributed by atoms with Crippen molar-refractivity contribution in [1.29, 1.82) is 0 Å². The van der Waals surface area contributed by atoms with E-state index in [2.05, 4.69) is 10.0 Å². The Labute approximate surface area is 185 Å². The van der Waals surface area contributed by atoms with Crippen LogP contribution in [-0.2, 0) is 19.6 Å². The average Bonchev–Trinajstić information content (AvgIpc) is 2.74. The first-order valence-corrected chi connectivity index (χ1v) is 11.3. The molecule has 0 saturated carbocycles. The summed E-state index contributed by atoms with van der Waals surface area (Å²) in [5.41, 5.74) is 5.98. The normalized spacial score (nSPS) is 11.1. The summed E-state index contributed by atoms with van der Waals surface area (Å²) in [5.74, 6) is -1.75. The highest BCUT2D eigenvalue weighted by molar-refractivity contribution is 7.89. The second kappa shape index (κ2) is 11.3. The molecule has 4 N–H and O–H groups in total. The summed E-state index contributed by atoms with van der Waals surface area (Å²) in [6.45, 7) is 2.13. The molecule has 2 rings (SSSR count). The molecule has 11 heteroatoms. The molecule has 0 heterocycles. The van der Waals surface area contributed by atoms with Crippen molar-refractivity contribution in [2.24, 2.45) is 5.73 Å². The van der Waals surface area contributed by atoms with E-state index < -0.39 is 21.7 Å². The highest BCUT2D eigenvalue weighted by Gasteiger charge is 2.17. The van der Waals surface area contributed by atoms with Crippen molar-refractivity contribution >= 4 is 33.4 Å². The fourth-order valence-corrected chi connectivity index (χ4v) is 3.82. The second-order valence-electron chi connectivity index (χ2n) is 6.81. The molecule has 0 aromatic heterocycles. The molecule has 3 amide bonds. The van der Waals surface area contributed by atoms with Gasteiger partial charge in [0.2, 0.25) is 27.7 Å². The Bertz CT molecular complexity index is 1060. The predicted octanol–water partition coefficient (Wildman–Crippen LogP) is 1.47. The fraction of sp³-hybridized carbons (Fsp3) is 0.286. The van der Waals surface area contributed by atoms with E-state index in [-0.39, 0.29) is 42.6 Å². The molecule has 2 aromatic rings. The number of hydrogen-bond acceptors (Lipinski definition) is 5. The van der Waals surface area contributed by atoms with E-state index in [9.17, 15) is 27.2 Å². The summed E-state index contributed by atoms with van der Waals surface area (Å²) in [6, 6.07) is 10.4. The largest absolute Gasteiger partial charge is 0.366 e. The topological polar surface area (TPSA) is 139 Å². The summed E-state index contributed by atoms with van der Waals surface area (Å²) >= 11 is 0. The van der Waals surface area contributed by atoms with Crippen molar-refractivity contribution in [3.63, 3.8) is 0 Å². The number of carbonyl (C=O) groups excluding carboxylic acids is 3.